The summed E-state index contributed by atoms with van der Waals surface area (Å²) in [6.07, 6.45) is 1.45. The number of anilines is 1. The summed E-state index contributed by atoms with van der Waals surface area (Å²) >= 11 is 0. The smallest absolute Gasteiger partial charge is 0.269 e. The fraction of sp³-hybridized carbons (Fsp3) is 0.185. The number of carbonyl (C=O) groups is 1. The van der Waals surface area contributed by atoms with Gasteiger partial charge in [-0.1, -0.05) is 35.9 Å². The number of nitrogens with zero attached hydrogens (tertiary/aromatic N) is 2. The van der Waals surface area contributed by atoms with Crippen molar-refractivity contribution in [3.63, 3.8) is 0 Å². The number of carbonyl (C=O) groups excluding carboxylic acids is 1. The molecule has 1 amide bonds. The highest BCUT2D eigenvalue weighted by Crippen LogP contribution is 2.30. The molecule has 178 valence electrons. The lowest BCUT2D eigenvalue weighted by molar-refractivity contribution is -0.384. The van der Waals surface area contributed by atoms with Crippen molar-refractivity contribution in [2.24, 2.45) is 0 Å². The molecule has 0 radical (unpaired) electrons. The highest BCUT2D eigenvalue weighted by Gasteiger charge is 2.14. The Hall–Kier alpha value is -4.64. The standard InChI is InChI=1S/C27H25N3O5/c1-4-34-26-15-21(9-12-25(26)35-17-20-7-5-18(2)6-8-20)14-22(16-28)27(31)29-24-11-10-23(30(32)33)13-19(24)3/h5-15H,4,17H2,1-3H3,(H,29,31). The third kappa shape index (κ3) is 6.68. The first-order valence-corrected chi connectivity index (χ1v) is 10.9. The van der Waals surface area contributed by atoms with Crippen LogP contribution in [0.5, 0.6) is 11.5 Å². The molecule has 0 fully saturated rings. The summed E-state index contributed by atoms with van der Waals surface area (Å²) in [5.74, 6) is 0.424. The molecule has 0 saturated carbocycles. The molecule has 0 atom stereocenters. The van der Waals surface area contributed by atoms with E-state index in [4.69, 9.17) is 9.47 Å². The summed E-state index contributed by atoms with van der Waals surface area (Å²) in [5.41, 5.74) is 3.47. The van der Waals surface area contributed by atoms with Crippen LogP contribution in [0.1, 0.15) is 29.2 Å². The van der Waals surface area contributed by atoms with Crippen molar-refractivity contribution in [2.45, 2.75) is 27.4 Å². The Labute approximate surface area is 203 Å². The minimum Gasteiger partial charge on any atom is -0.490 e. The molecule has 0 aliphatic rings. The van der Waals surface area contributed by atoms with Gasteiger partial charge < -0.3 is 14.8 Å². The van der Waals surface area contributed by atoms with Gasteiger partial charge in [-0.3, -0.25) is 14.9 Å². The van der Waals surface area contributed by atoms with Crippen LogP contribution in [0, 0.1) is 35.3 Å². The van der Waals surface area contributed by atoms with Crippen molar-refractivity contribution in [2.75, 3.05) is 11.9 Å². The summed E-state index contributed by atoms with van der Waals surface area (Å²) in [6, 6.07) is 19.2. The molecule has 8 nitrogen and oxygen atoms in total. The number of hydrogen-bond donors (Lipinski definition) is 1. The number of ether oxygens (including phenoxy) is 2. The van der Waals surface area contributed by atoms with Gasteiger partial charge in [-0.05, 0) is 61.7 Å². The number of hydrogen-bond acceptors (Lipinski definition) is 6. The topological polar surface area (TPSA) is 114 Å². The molecule has 0 unspecified atom stereocenters. The fourth-order valence-corrected chi connectivity index (χ4v) is 3.25. The molecule has 0 saturated heterocycles. The number of amides is 1. The number of aryl methyl sites for hydroxylation is 2. The zero-order chi connectivity index (χ0) is 25.4. The van der Waals surface area contributed by atoms with Gasteiger partial charge in [0, 0.05) is 17.8 Å². The number of nitro groups is 1. The van der Waals surface area contributed by atoms with E-state index in [0.29, 0.717) is 41.5 Å². The molecular formula is C27H25N3O5. The zero-order valence-electron chi connectivity index (χ0n) is 19.7. The molecule has 35 heavy (non-hydrogen) atoms. The van der Waals surface area contributed by atoms with Crippen LogP contribution < -0.4 is 14.8 Å². The Morgan fingerprint density at radius 1 is 1.06 bits per heavy atom. The number of non-ortho nitro benzene ring substituents is 1. The van der Waals surface area contributed by atoms with E-state index in [0.717, 1.165) is 5.56 Å². The second kappa shape index (κ2) is 11.5. The van der Waals surface area contributed by atoms with Gasteiger partial charge in [0.1, 0.15) is 18.2 Å². The van der Waals surface area contributed by atoms with Gasteiger partial charge >= 0.3 is 0 Å². The van der Waals surface area contributed by atoms with Crippen molar-refractivity contribution in [3.8, 4) is 17.6 Å². The van der Waals surface area contributed by atoms with Gasteiger partial charge in [-0.15, -0.1) is 0 Å². The van der Waals surface area contributed by atoms with Crippen molar-refractivity contribution >= 4 is 23.4 Å². The molecule has 0 aromatic heterocycles. The summed E-state index contributed by atoms with van der Waals surface area (Å²) in [5, 5.41) is 23.1. The van der Waals surface area contributed by atoms with Crippen LogP contribution in [-0.2, 0) is 11.4 Å². The highest BCUT2D eigenvalue weighted by atomic mass is 16.6. The second-order valence-electron chi connectivity index (χ2n) is 7.79. The van der Waals surface area contributed by atoms with Gasteiger partial charge in [0.05, 0.1) is 11.5 Å². The van der Waals surface area contributed by atoms with Crippen LogP contribution in [0.3, 0.4) is 0 Å². The van der Waals surface area contributed by atoms with E-state index in [1.54, 1.807) is 25.1 Å². The molecule has 3 aromatic carbocycles. The Morgan fingerprint density at radius 2 is 1.80 bits per heavy atom. The summed E-state index contributed by atoms with van der Waals surface area (Å²) in [6.45, 7) is 6.30. The van der Waals surface area contributed by atoms with Crippen LogP contribution in [0.2, 0.25) is 0 Å². The van der Waals surface area contributed by atoms with Gasteiger partial charge in [0.2, 0.25) is 0 Å². The Kier molecular flexibility index (Phi) is 8.20. The van der Waals surface area contributed by atoms with E-state index in [-0.39, 0.29) is 11.3 Å². The molecule has 0 aliphatic carbocycles. The molecular weight excluding hydrogens is 446 g/mol. The molecule has 1 N–H and O–H groups in total. The maximum atomic E-state index is 12.7. The lowest BCUT2D eigenvalue weighted by atomic mass is 10.1. The number of nitro benzene ring substituents is 1. The number of rotatable bonds is 9. The predicted octanol–water partition coefficient (Wildman–Crippen LogP) is 5.74. The van der Waals surface area contributed by atoms with E-state index in [9.17, 15) is 20.2 Å². The highest BCUT2D eigenvalue weighted by molar-refractivity contribution is 6.10. The first kappa shape index (κ1) is 25.0. The van der Waals surface area contributed by atoms with E-state index >= 15 is 0 Å². The van der Waals surface area contributed by atoms with E-state index in [1.165, 1.54) is 29.8 Å². The third-order valence-corrected chi connectivity index (χ3v) is 5.13. The zero-order valence-corrected chi connectivity index (χ0v) is 19.7. The van der Waals surface area contributed by atoms with Crippen molar-refractivity contribution < 1.29 is 19.2 Å². The van der Waals surface area contributed by atoms with Crippen LogP contribution >= 0.6 is 0 Å². The number of benzene rings is 3. The molecule has 0 bridgehead atoms. The molecule has 0 spiro atoms. The second-order valence-corrected chi connectivity index (χ2v) is 7.79. The quantitative estimate of drug-likeness (QED) is 0.184. The normalized spacial score (nSPS) is 10.9. The van der Waals surface area contributed by atoms with Gasteiger partial charge in [0.15, 0.2) is 11.5 Å². The van der Waals surface area contributed by atoms with Gasteiger partial charge in [0.25, 0.3) is 11.6 Å². The average Bonchev–Trinajstić information content (AvgIpc) is 2.84. The monoisotopic (exact) mass is 471 g/mol. The summed E-state index contributed by atoms with van der Waals surface area (Å²) in [4.78, 5) is 23.1. The van der Waals surface area contributed by atoms with E-state index in [1.807, 2.05) is 44.2 Å². The Bertz CT molecular complexity index is 1310. The van der Waals surface area contributed by atoms with Crippen molar-refractivity contribution in [1.29, 1.82) is 5.26 Å². The van der Waals surface area contributed by atoms with Crippen molar-refractivity contribution in [3.05, 3.63) is 98.6 Å². The number of nitriles is 1. The molecule has 3 rings (SSSR count). The van der Waals surface area contributed by atoms with Crippen LogP contribution in [0.25, 0.3) is 6.08 Å². The maximum Gasteiger partial charge on any atom is 0.269 e. The minimum absolute atomic E-state index is 0.0790. The molecule has 0 heterocycles. The van der Waals surface area contributed by atoms with Gasteiger partial charge in [-0.25, -0.2) is 0 Å². The Balaban J connectivity index is 1.78. The van der Waals surface area contributed by atoms with E-state index in [2.05, 4.69) is 5.32 Å². The first-order valence-electron chi connectivity index (χ1n) is 10.9. The molecule has 8 heteroatoms. The fourth-order valence-electron chi connectivity index (χ4n) is 3.25. The lowest BCUT2D eigenvalue weighted by Gasteiger charge is -2.13. The van der Waals surface area contributed by atoms with Crippen LogP contribution in [0.15, 0.2) is 66.2 Å². The average molecular weight is 472 g/mol. The minimum atomic E-state index is -0.623. The summed E-state index contributed by atoms with van der Waals surface area (Å²) < 4.78 is 11.6. The largest absolute Gasteiger partial charge is 0.490 e. The van der Waals surface area contributed by atoms with Crippen LogP contribution in [0.4, 0.5) is 11.4 Å². The molecule has 0 aliphatic heterocycles. The van der Waals surface area contributed by atoms with Gasteiger partial charge in [-0.2, -0.15) is 5.26 Å². The van der Waals surface area contributed by atoms with E-state index < -0.39 is 10.8 Å². The van der Waals surface area contributed by atoms with Crippen LogP contribution in [-0.4, -0.2) is 17.4 Å². The summed E-state index contributed by atoms with van der Waals surface area (Å²) in [7, 11) is 0. The lowest BCUT2D eigenvalue weighted by Crippen LogP contribution is -2.14. The maximum absolute atomic E-state index is 12.7. The molecule has 3 aromatic rings. The predicted molar refractivity (Wildman–Crippen MR) is 133 cm³/mol. The van der Waals surface area contributed by atoms with Crippen molar-refractivity contribution in [1.82, 2.24) is 0 Å². The first-order chi connectivity index (χ1) is 16.8. The SMILES string of the molecule is CCOc1cc(C=C(C#N)C(=O)Nc2ccc([N+](=O)[O-])cc2C)ccc1OCc1ccc(C)cc1. The third-order valence-electron chi connectivity index (χ3n) is 5.13. The Morgan fingerprint density at radius 3 is 2.43 bits per heavy atom. The number of nitrogens with one attached hydrogen (secondary N) is 1.